The average molecular weight is 275 g/mol. The van der Waals surface area contributed by atoms with E-state index in [2.05, 4.69) is 50.4 Å². The summed E-state index contributed by atoms with van der Waals surface area (Å²) in [6.07, 6.45) is 10.8. The molecular weight excluding hydrogens is 242 g/mol. The molecule has 0 amide bonds. The summed E-state index contributed by atoms with van der Waals surface area (Å²) in [6, 6.07) is 9.43. The summed E-state index contributed by atoms with van der Waals surface area (Å²) in [5, 5.41) is 3.79. The van der Waals surface area contributed by atoms with E-state index in [4.69, 9.17) is 0 Å². The number of hydrogen-bond donors (Lipinski definition) is 1. The molecule has 0 aliphatic heterocycles. The van der Waals surface area contributed by atoms with E-state index < -0.39 is 0 Å². The van der Waals surface area contributed by atoms with Crippen LogP contribution in [0.5, 0.6) is 0 Å². The molecule has 0 spiro atoms. The molecular formula is C19H33N. The second-order valence-electron chi connectivity index (χ2n) is 6.00. The molecule has 0 unspecified atom stereocenters. The van der Waals surface area contributed by atoms with Crippen LogP contribution in [0.1, 0.15) is 76.3 Å². The van der Waals surface area contributed by atoms with Crippen LogP contribution in [0.2, 0.25) is 0 Å². The van der Waals surface area contributed by atoms with E-state index in [-0.39, 0.29) is 0 Å². The molecule has 1 heteroatoms. The van der Waals surface area contributed by atoms with Crippen molar-refractivity contribution in [3.8, 4) is 0 Å². The van der Waals surface area contributed by atoms with Crippen LogP contribution in [0.3, 0.4) is 0 Å². The van der Waals surface area contributed by atoms with Gasteiger partial charge in [-0.05, 0) is 30.9 Å². The summed E-state index contributed by atoms with van der Waals surface area (Å²) in [5.41, 5.74) is 2.85. The number of aryl methyl sites for hydroxylation is 1. The lowest BCUT2D eigenvalue weighted by atomic mass is 10.0. The lowest BCUT2D eigenvalue weighted by molar-refractivity contribution is 0.417. The lowest BCUT2D eigenvalue weighted by Gasteiger charge is -2.19. The van der Waals surface area contributed by atoms with E-state index in [0.717, 1.165) is 6.54 Å². The van der Waals surface area contributed by atoms with Crippen LogP contribution in [0.15, 0.2) is 24.3 Å². The van der Waals surface area contributed by atoms with Gasteiger partial charge in [0.25, 0.3) is 0 Å². The Kier molecular flexibility index (Phi) is 9.40. The molecule has 0 saturated heterocycles. The van der Waals surface area contributed by atoms with Crippen LogP contribution in [0.4, 0.5) is 0 Å². The zero-order chi connectivity index (χ0) is 14.6. The van der Waals surface area contributed by atoms with Crippen molar-refractivity contribution in [1.29, 1.82) is 0 Å². The first-order valence-corrected chi connectivity index (χ1v) is 8.55. The van der Waals surface area contributed by atoms with Gasteiger partial charge in [0.15, 0.2) is 0 Å². The minimum atomic E-state index is 0.702. The van der Waals surface area contributed by atoms with Gasteiger partial charge in [0.2, 0.25) is 0 Å². The van der Waals surface area contributed by atoms with E-state index in [1.807, 2.05) is 0 Å². The predicted octanol–water partition coefficient (Wildman–Crippen LogP) is 5.61. The SMILES string of the molecule is CCCCCC(CCCCC)NCc1ccccc1C. The van der Waals surface area contributed by atoms with Crippen molar-refractivity contribution in [2.45, 2.75) is 84.7 Å². The summed E-state index contributed by atoms with van der Waals surface area (Å²) in [5.74, 6) is 0. The molecule has 0 bridgehead atoms. The predicted molar refractivity (Wildman–Crippen MR) is 90.1 cm³/mol. The van der Waals surface area contributed by atoms with Crippen molar-refractivity contribution in [3.05, 3.63) is 35.4 Å². The van der Waals surface area contributed by atoms with Gasteiger partial charge < -0.3 is 5.32 Å². The monoisotopic (exact) mass is 275 g/mol. The maximum Gasteiger partial charge on any atom is 0.0210 e. The fourth-order valence-electron chi connectivity index (χ4n) is 2.69. The van der Waals surface area contributed by atoms with Crippen LogP contribution in [-0.4, -0.2) is 6.04 Å². The molecule has 0 atom stereocenters. The summed E-state index contributed by atoms with van der Waals surface area (Å²) in [4.78, 5) is 0. The molecule has 1 rings (SSSR count). The number of unbranched alkanes of at least 4 members (excludes halogenated alkanes) is 4. The standard InChI is InChI=1S/C19H33N/c1-4-6-8-14-19(15-9-7-5-2)20-16-18-13-11-10-12-17(18)3/h10-13,19-20H,4-9,14-16H2,1-3H3. The zero-order valence-corrected chi connectivity index (χ0v) is 13.8. The van der Waals surface area contributed by atoms with Gasteiger partial charge in [-0.15, -0.1) is 0 Å². The molecule has 0 aromatic heterocycles. The Morgan fingerprint density at radius 1 is 0.900 bits per heavy atom. The Bertz CT molecular complexity index is 335. The molecule has 0 aliphatic carbocycles. The van der Waals surface area contributed by atoms with Gasteiger partial charge in [0.1, 0.15) is 0 Å². The van der Waals surface area contributed by atoms with Gasteiger partial charge in [-0.25, -0.2) is 0 Å². The highest BCUT2D eigenvalue weighted by Crippen LogP contribution is 2.13. The summed E-state index contributed by atoms with van der Waals surface area (Å²) < 4.78 is 0. The van der Waals surface area contributed by atoms with E-state index in [9.17, 15) is 0 Å². The van der Waals surface area contributed by atoms with Crippen molar-refractivity contribution in [2.24, 2.45) is 0 Å². The Hall–Kier alpha value is -0.820. The number of rotatable bonds is 11. The van der Waals surface area contributed by atoms with Crippen molar-refractivity contribution < 1.29 is 0 Å². The van der Waals surface area contributed by atoms with Crippen LogP contribution in [0.25, 0.3) is 0 Å². The van der Waals surface area contributed by atoms with E-state index >= 15 is 0 Å². The Morgan fingerprint density at radius 3 is 2.05 bits per heavy atom. The zero-order valence-electron chi connectivity index (χ0n) is 13.8. The van der Waals surface area contributed by atoms with Gasteiger partial charge in [0.05, 0.1) is 0 Å². The van der Waals surface area contributed by atoms with Gasteiger partial charge >= 0.3 is 0 Å². The third-order valence-corrected chi connectivity index (χ3v) is 4.15. The minimum absolute atomic E-state index is 0.702. The van der Waals surface area contributed by atoms with E-state index in [1.165, 1.54) is 62.5 Å². The molecule has 0 heterocycles. The first kappa shape index (κ1) is 17.2. The first-order valence-electron chi connectivity index (χ1n) is 8.55. The van der Waals surface area contributed by atoms with Gasteiger partial charge in [-0.2, -0.15) is 0 Å². The maximum absolute atomic E-state index is 3.79. The third kappa shape index (κ3) is 7.09. The smallest absolute Gasteiger partial charge is 0.0210 e. The normalized spacial score (nSPS) is 11.2. The van der Waals surface area contributed by atoms with Crippen molar-refractivity contribution in [1.82, 2.24) is 5.32 Å². The summed E-state index contributed by atoms with van der Waals surface area (Å²) >= 11 is 0. The molecule has 1 aromatic rings. The molecule has 0 aliphatic rings. The summed E-state index contributed by atoms with van der Waals surface area (Å²) in [6.45, 7) is 7.80. The molecule has 0 saturated carbocycles. The molecule has 1 nitrogen and oxygen atoms in total. The molecule has 0 radical (unpaired) electrons. The number of nitrogens with one attached hydrogen (secondary N) is 1. The van der Waals surface area contributed by atoms with Gasteiger partial charge in [0, 0.05) is 12.6 Å². The quantitative estimate of drug-likeness (QED) is 0.517. The highest BCUT2D eigenvalue weighted by Gasteiger charge is 2.08. The highest BCUT2D eigenvalue weighted by molar-refractivity contribution is 5.25. The third-order valence-electron chi connectivity index (χ3n) is 4.15. The van der Waals surface area contributed by atoms with Gasteiger partial charge in [-0.1, -0.05) is 76.6 Å². The van der Waals surface area contributed by atoms with Crippen molar-refractivity contribution in [2.75, 3.05) is 0 Å². The van der Waals surface area contributed by atoms with E-state index in [1.54, 1.807) is 0 Å². The first-order chi connectivity index (χ1) is 9.77. The fraction of sp³-hybridized carbons (Fsp3) is 0.684. The minimum Gasteiger partial charge on any atom is -0.310 e. The van der Waals surface area contributed by atoms with Crippen LogP contribution < -0.4 is 5.32 Å². The maximum atomic E-state index is 3.79. The molecule has 114 valence electrons. The highest BCUT2D eigenvalue weighted by atomic mass is 14.9. The largest absolute Gasteiger partial charge is 0.310 e. The van der Waals surface area contributed by atoms with Crippen LogP contribution in [-0.2, 0) is 6.54 Å². The van der Waals surface area contributed by atoms with Crippen LogP contribution in [0, 0.1) is 6.92 Å². The van der Waals surface area contributed by atoms with Crippen molar-refractivity contribution >= 4 is 0 Å². The lowest BCUT2D eigenvalue weighted by Crippen LogP contribution is -2.28. The molecule has 1 N–H and O–H groups in total. The summed E-state index contributed by atoms with van der Waals surface area (Å²) in [7, 11) is 0. The fourth-order valence-corrected chi connectivity index (χ4v) is 2.69. The van der Waals surface area contributed by atoms with E-state index in [0.29, 0.717) is 6.04 Å². The van der Waals surface area contributed by atoms with Crippen LogP contribution >= 0.6 is 0 Å². The Labute approximate surface area is 126 Å². The number of hydrogen-bond acceptors (Lipinski definition) is 1. The number of benzene rings is 1. The molecule has 0 fully saturated rings. The molecule has 20 heavy (non-hydrogen) atoms. The second-order valence-corrected chi connectivity index (χ2v) is 6.00. The second kappa shape index (κ2) is 10.9. The Morgan fingerprint density at radius 2 is 1.50 bits per heavy atom. The topological polar surface area (TPSA) is 12.0 Å². The van der Waals surface area contributed by atoms with Gasteiger partial charge in [-0.3, -0.25) is 0 Å². The van der Waals surface area contributed by atoms with Crippen molar-refractivity contribution in [3.63, 3.8) is 0 Å². The molecule has 1 aromatic carbocycles. The Balaban J connectivity index is 2.39. The average Bonchev–Trinajstić information content (AvgIpc) is 2.46.